The van der Waals surface area contributed by atoms with E-state index in [0.717, 1.165) is 39.1 Å². The third-order valence-electron chi connectivity index (χ3n) is 4.82. The summed E-state index contributed by atoms with van der Waals surface area (Å²) in [5.41, 5.74) is -0.579. The molecule has 1 N–H and O–H groups in total. The number of nitro groups is 1. The first-order valence-corrected chi connectivity index (χ1v) is 10.2. The van der Waals surface area contributed by atoms with Gasteiger partial charge in [0.25, 0.3) is 0 Å². The Morgan fingerprint density at radius 1 is 1.00 bits per heavy atom. The highest BCUT2D eigenvalue weighted by Crippen LogP contribution is 2.37. The molecule has 12 nitrogen and oxygen atoms in total. The largest absolute Gasteiger partial charge is 0.465 e. The van der Waals surface area contributed by atoms with Crippen LogP contribution in [0.4, 0.5) is 28.4 Å². The van der Waals surface area contributed by atoms with Gasteiger partial charge in [0, 0.05) is 25.7 Å². The third-order valence-corrected chi connectivity index (χ3v) is 4.82. The number of benzene rings is 2. The molecule has 34 heavy (non-hydrogen) atoms. The van der Waals surface area contributed by atoms with Gasteiger partial charge in [0.15, 0.2) is 11.3 Å². The molecule has 0 aromatic heterocycles. The summed E-state index contributed by atoms with van der Waals surface area (Å²) in [4.78, 5) is 49.1. The van der Waals surface area contributed by atoms with E-state index >= 15 is 0 Å². The molecule has 0 bridgehead atoms. The van der Waals surface area contributed by atoms with Crippen molar-refractivity contribution in [2.45, 2.75) is 20.8 Å². The number of hydrogen-bond donors (Lipinski definition) is 1. The summed E-state index contributed by atoms with van der Waals surface area (Å²) < 4.78 is 9.23. The Morgan fingerprint density at radius 2 is 1.59 bits per heavy atom. The Labute approximate surface area is 195 Å². The van der Waals surface area contributed by atoms with E-state index in [1.54, 1.807) is 18.2 Å². The van der Waals surface area contributed by atoms with Crippen LogP contribution in [0.3, 0.4) is 0 Å². The second kappa shape index (κ2) is 11.5. The highest BCUT2D eigenvalue weighted by molar-refractivity contribution is 6.07. The normalized spacial score (nSPS) is 10.6. The smallest absolute Gasteiger partial charge is 0.345 e. The number of nitro benzene ring substituents is 1. The van der Waals surface area contributed by atoms with Crippen molar-refractivity contribution in [2.24, 2.45) is 10.2 Å². The molecule has 0 atom stereocenters. The molecule has 0 heterocycles. The monoisotopic (exact) mass is 471 g/mol. The molecule has 0 unspecified atom stereocenters. The summed E-state index contributed by atoms with van der Waals surface area (Å²) in [5.74, 6) is -2.40. The number of rotatable bonds is 9. The van der Waals surface area contributed by atoms with Crippen molar-refractivity contribution in [1.29, 1.82) is 0 Å². The van der Waals surface area contributed by atoms with E-state index in [9.17, 15) is 24.5 Å². The maximum Gasteiger partial charge on any atom is 0.345 e. The lowest BCUT2D eigenvalue weighted by atomic mass is 10.0. The van der Waals surface area contributed by atoms with Gasteiger partial charge >= 0.3 is 17.6 Å². The first-order valence-electron chi connectivity index (χ1n) is 10.2. The van der Waals surface area contributed by atoms with Gasteiger partial charge in [-0.3, -0.25) is 14.9 Å². The molecule has 0 aliphatic carbocycles. The Morgan fingerprint density at radius 3 is 2.12 bits per heavy atom. The number of nitrogens with one attached hydrogen (secondary N) is 1. The lowest BCUT2D eigenvalue weighted by Gasteiger charge is -2.22. The van der Waals surface area contributed by atoms with E-state index < -0.39 is 28.1 Å². The minimum atomic E-state index is -1.10. The average Bonchev–Trinajstić information content (AvgIpc) is 2.82. The highest BCUT2D eigenvalue weighted by atomic mass is 16.6. The SMILES string of the molecule is CCN(CC)c1ccc(N=Nc2ccc(C(=O)OC)c(C(=O)OC)c2[N+](=O)[O-])c(NC(C)=O)c1. The first-order chi connectivity index (χ1) is 16.2. The van der Waals surface area contributed by atoms with Crippen molar-refractivity contribution in [2.75, 3.05) is 37.5 Å². The van der Waals surface area contributed by atoms with Crippen LogP contribution in [-0.4, -0.2) is 50.1 Å². The Balaban J connectivity index is 2.66. The number of amides is 1. The van der Waals surface area contributed by atoms with Gasteiger partial charge in [-0.05, 0) is 44.2 Å². The first kappa shape index (κ1) is 25.9. The van der Waals surface area contributed by atoms with Gasteiger partial charge in [0.1, 0.15) is 5.69 Å². The summed E-state index contributed by atoms with van der Waals surface area (Å²) in [6.07, 6.45) is 0. The Kier molecular flexibility index (Phi) is 8.76. The number of esters is 2. The van der Waals surface area contributed by atoms with Crippen molar-refractivity contribution in [3.63, 3.8) is 0 Å². The maximum atomic E-state index is 12.3. The second-order valence-electron chi connectivity index (χ2n) is 6.85. The van der Waals surface area contributed by atoms with Crippen LogP contribution in [0.1, 0.15) is 41.5 Å². The van der Waals surface area contributed by atoms with Crippen LogP contribution < -0.4 is 10.2 Å². The molecule has 2 aromatic carbocycles. The molecule has 0 radical (unpaired) electrons. The molecule has 180 valence electrons. The van der Waals surface area contributed by atoms with E-state index in [0.29, 0.717) is 5.69 Å². The number of azo groups is 1. The molecule has 12 heteroatoms. The van der Waals surface area contributed by atoms with Crippen molar-refractivity contribution in [3.8, 4) is 0 Å². The molecule has 0 aliphatic heterocycles. The fourth-order valence-electron chi connectivity index (χ4n) is 3.23. The quantitative estimate of drug-likeness (QED) is 0.244. The average molecular weight is 471 g/mol. The van der Waals surface area contributed by atoms with Crippen molar-refractivity contribution < 1.29 is 28.8 Å². The molecule has 0 fully saturated rings. The van der Waals surface area contributed by atoms with Gasteiger partial charge in [0.05, 0.1) is 30.4 Å². The molecule has 0 saturated carbocycles. The molecular formula is C22H25N5O7. The summed E-state index contributed by atoms with van der Waals surface area (Å²) in [5, 5.41) is 22.5. The summed E-state index contributed by atoms with van der Waals surface area (Å²) in [7, 11) is 2.10. The van der Waals surface area contributed by atoms with E-state index in [1.165, 1.54) is 13.0 Å². The van der Waals surface area contributed by atoms with Crippen LogP contribution >= 0.6 is 0 Å². The zero-order valence-electron chi connectivity index (χ0n) is 19.4. The van der Waals surface area contributed by atoms with E-state index in [-0.39, 0.29) is 22.8 Å². The fourth-order valence-corrected chi connectivity index (χ4v) is 3.23. The molecule has 0 saturated heterocycles. The van der Waals surface area contributed by atoms with Crippen LogP contribution in [0.15, 0.2) is 40.6 Å². The van der Waals surface area contributed by atoms with Gasteiger partial charge in [-0.2, -0.15) is 0 Å². The van der Waals surface area contributed by atoms with Gasteiger partial charge in [-0.25, -0.2) is 9.59 Å². The van der Waals surface area contributed by atoms with Gasteiger partial charge < -0.3 is 19.7 Å². The van der Waals surface area contributed by atoms with E-state index in [1.807, 2.05) is 13.8 Å². The number of methoxy groups -OCH3 is 2. The Hall–Kier alpha value is -4.35. The van der Waals surface area contributed by atoms with Gasteiger partial charge in [0.2, 0.25) is 5.91 Å². The van der Waals surface area contributed by atoms with Crippen LogP contribution in [0.2, 0.25) is 0 Å². The van der Waals surface area contributed by atoms with Gasteiger partial charge in [-0.15, -0.1) is 10.2 Å². The number of nitrogens with zero attached hydrogens (tertiary/aromatic N) is 4. The molecule has 0 spiro atoms. The van der Waals surface area contributed by atoms with E-state index in [2.05, 4.69) is 29.9 Å². The van der Waals surface area contributed by atoms with E-state index in [4.69, 9.17) is 0 Å². The Bertz CT molecular complexity index is 1140. The minimum Gasteiger partial charge on any atom is -0.465 e. The molecule has 2 aromatic rings. The lowest BCUT2D eigenvalue weighted by Crippen LogP contribution is -2.21. The van der Waals surface area contributed by atoms with Crippen molar-refractivity contribution in [3.05, 3.63) is 51.6 Å². The molecule has 1 amide bonds. The second-order valence-corrected chi connectivity index (χ2v) is 6.85. The predicted octanol–water partition coefficient (Wildman–Crippen LogP) is 4.39. The fraction of sp³-hybridized carbons (Fsp3) is 0.318. The standard InChI is InChI=1S/C22H25N5O7/c1-6-26(7-2)14-8-10-16(18(12-14)23-13(3)28)24-25-17-11-9-15(21(29)33-4)19(22(30)34-5)20(17)27(31)32/h8-12H,6-7H2,1-5H3,(H,23,28). The third kappa shape index (κ3) is 5.71. The number of ether oxygens (including phenoxy) is 2. The summed E-state index contributed by atoms with van der Waals surface area (Å²) in [6.45, 7) is 6.80. The topological polar surface area (TPSA) is 153 Å². The number of carbonyl (C=O) groups excluding carboxylic acids is 3. The van der Waals surface area contributed by atoms with Crippen LogP contribution in [0.5, 0.6) is 0 Å². The maximum absolute atomic E-state index is 12.3. The van der Waals surface area contributed by atoms with Crippen LogP contribution in [-0.2, 0) is 14.3 Å². The van der Waals surface area contributed by atoms with Crippen molar-refractivity contribution >= 4 is 46.3 Å². The lowest BCUT2D eigenvalue weighted by molar-refractivity contribution is -0.384. The summed E-state index contributed by atoms with van der Waals surface area (Å²) >= 11 is 0. The molecule has 2 rings (SSSR count). The summed E-state index contributed by atoms with van der Waals surface area (Å²) in [6, 6.07) is 7.44. The zero-order chi connectivity index (χ0) is 25.4. The molecular weight excluding hydrogens is 446 g/mol. The van der Waals surface area contributed by atoms with Crippen molar-refractivity contribution in [1.82, 2.24) is 0 Å². The predicted molar refractivity (Wildman–Crippen MR) is 124 cm³/mol. The van der Waals surface area contributed by atoms with Crippen LogP contribution in [0, 0.1) is 10.1 Å². The minimum absolute atomic E-state index is 0.233. The number of carbonyl (C=O) groups is 3. The number of hydrogen-bond acceptors (Lipinski definition) is 10. The highest BCUT2D eigenvalue weighted by Gasteiger charge is 2.32. The van der Waals surface area contributed by atoms with Gasteiger partial charge in [-0.1, -0.05) is 0 Å². The molecule has 0 aliphatic rings. The number of anilines is 2. The van der Waals surface area contributed by atoms with Crippen LogP contribution in [0.25, 0.3) is 0 Å². The zero-order valence-corrected chi connectivity index (χ0v) is 19.4.